The van der Waals surface area contributed by atoms with Gasteiger partial charge in [0.2, 0.25) is 0 Å². The summed E-state index contributed by atoms with van der Waals surface area (Å²) in [6, 6.07) is 50.6. The first-order valence-electron chi connectivity index (χ1n) is 15.9. The highest BCUT2D eigenvalue weighted by atomic mass is 31.1. The van der Waals surface area contributed by atoms with Gasteiger partial charge in [-0.05, 0) is 49.1 Å². The fourth-order valence-corrected chi connectivity index (χ4v) is 11.0. The second-order valence-corrected chi connectivity index (χ2v) is 15.8. The van der Waals surface area contributed by atoms with Gasteiger partial charge < -0.3 is 4.74 Å². The lowest BCUT2D eigenvalue weighted by atomic mass is 9.74. The summed E-state index contributed by atoms with van der Waals surface area (Å²) in [5.74, 6) is 2.07. The van der Waals surface area contributed by atoms with Crippen LogP contribution in [-0.2, 0) is 5.41 Å². The maximum Gasteiger partial charge on any atom is 0.139 e. The Morgan fingerprint density at radius 1 is 0.556 bits per heavy atom. The molecular formula is C42H40OP2. The van der Waals surface area contributed by atoms with Crippen molar-refractivity contribution in [3.63, 3.8) is 0 Å². The molecule has 7 rings (SSSR count). The summed E-state index contributed by atoms with van der Waals surface area (Å²) in [6.45, 7) is 8.76. The van der Waals surface area contributed by atoms with E-state index in [1.807, 2.05) is 13.8 Å². The molecule has 0 fully saturated rings. The third-order valence-electron chi connectivity index (χ3n) is 8.38. The van der Waals surface area contributed by atoms with E-state index in [0.29, 0.717) is 0 Å². The summed E-state index contributed by atoms with van der Waals surface area (Å²) in [5, 5.41) is 7.85. The third kappa shape index (κ3) is 6.13. The molecule has 0 bridgehead atoms. The summed E-state index contributed by atoms with van der Waals surface area (Å²) in [5.41, 5.74) is 2.41. The normalized spacial score (nSPS) is 14.8. The number of benzene rings is 5. The van der Waals surface area contributed by atoms with Gasteiger partial charge >= 0.3 is 0 Å². The molecule has 1 nitrogen and oxygen atoms in total. The molecule has 2 aliphatic rings. The topological polar surface area (TPSA) is 9.23 Å². The molecule has 5 aromatic rings. The van der Waals surface area contributed by atoms with Crippen LogP contribution in [0.2, 0.25) is 0 Å². The molecule has 224 valence electrons. The summed E-state index contributed by atoms with van der Waals surface area (Å²) >= 11 is 0. The molecule has 0 spiro atoms. The maximum atomic E-state index is 7.35. The van der Waals surface area contributed by atoms with Crippen molar-refractivity contribution in [3.05, 3.63) is 180 Å². The molecule has 5 aromatic carbocycles. The van der Waals surface area contributed by atoms with E-state index in [4.69, 9.17) is 4.74 Å². The monoisotopic (exact) mass is 622 g/mol. The third-order valence-corrected chi connectivity index (χ3v) is 13.3. The van der Waals surface area contributed by atoms with Crippen LogP contribution >= 0.6 is 15.8 Å². The average molecular weight is 623 g/mol. The van der Waals surface area contributed by atoms with Gasteiger partial charge in [-0.2, -0.15) is 0 Å². The minimum absolute atomic E-state index is 0.199. The number of allylic oxidation sites excluding steroid dienone is 5. The predicted molar refractivity (Wildman–Crippen MR) is 198 cm³/mol. The van der Waals surface area contributed by atoms with Crippen LogP contribution in [0.3, 0.4) is 0 Å². The van der Waals surface area contributed by atoms with Crippen molar-refractivity contribution < 1.29 is 4.74 Å². The van der Waals surface area contributed by atoms with Crippen molar-refractivity contribution in [1.29, 1.82) is 0 Å². The first-order chi connectivity index (χ1) is 22.1. The number of hydrogen-bond donors (Lipinski definition) is 0. The highest BCUT2D eigenvalue weighted by molar-refractivity contribution is 7.80. The molecule has 0 aromatic heterocycles. The zero-order valence-electron chi connectivity index (χ0n) is 26.5. The van der Waals surface area contributed by atoms with Gasteiger partial charge in [-0.1, -0.05) is 185 Å². The molecular weight excluding hydrogens is 582 g/mol. The van der Waals surface area contributed by atoms with Crippen molar-refractivity contribution in [2.45, 2.75) is 39.5 Å². The molecule has 0 unspecified atom stereocenters. The first-order valence-corrected chi connectivity index (χ1v) is 18.5. The van der Waals surface area contributed by atoms with Crippen molar-refractivity contribution in [2.75, 3.05) is 0 Å². The molecule has 0 atom stereocenters. The second kappa shape index (κ2) is 14.0. The average Bonchev–Trinajstić information content (AvgIpc) is 3.31. The summed E-state index contributed by atoms with van der Waals surface area (Å²) < 4.78 is 7.35. The van der Waals surface area contributed by atoms with Gasteiger partial charge in [-0.15, -0.1) is 0 Å². The van der Waals surface area contributed by atoms with E-state index < -0.39 is 15.8 Å². The zero-order valence-corrected chi connectivity index (χ0v) is 28.3. The van der Waals surface area contributed by atoms with Gasteiger partial charge in [0.05, 0.1) is 0 Å². The SMILES string of the molecule is CC.CC1(C)C2=C(Oc3c(P(c4ccccc4)c4ccccc4)cccc31)C(P(c1ccccc1)c1ccccc1)=CC=CC2. The van der Waals surface area contributed by atoms with Gasteiger partial charge in [0.15, 0.2) is 0 Å². The van der Waals surface area contributed by atoms with Gasteiger partial charge in [-0.25, -0.2) is 0 Å². The summed E-state index contributed by atoms with van der Waals surface area (Å²) in [7, 11) is -1.67. The second-order valence-electron chi connectivity index (χ2n) is 11.4. The van der Waals surface area contributed by atoms with E-state index in [-0.39, 0.29) is 5.41 Å². The number of hydrogen-bond acceptors (Lipinski definition) is 1. The largest absolute Gasteiger partial charge is 0.456 e. The van der Waals surface area contributed by atoms with E-state index in [2.05, 4.69) is 172 Å². The summed E-state index contributed by atoms with van der Waals surface area (Å²) in [6.07, 6.45) is 7.72. The molecule has 1 aliphatic carbocycles. The van der Waals surface area contributed by atoms with E-state index >= 15 is 0 Å². The Hall–Kier alpha value is -4.02. The quantitative estimate of drug-likeness (QED) is 0.172. The van der Waals surface area contributed by atoms with Crippen LogP contribution in [0, 0.1) is 0 Å². The number of para-hydroxylation sites is 1. The minimum Gasteiger partial charge on any atom is -0.456 e. The van der Waals surface area contributed by atoms with Gasteiger partial charge in [-0.3, -0.25) is 0 Å². The van der Waals surface area contributed by atoms with Crippen molar-refractivity contribution in [3.8, 4) is 5.75 Å². The Bertz CT molecular complexity index is 1740. The van der Waals surface area contributed by atoms with E-state index in [1.54, 1.807) is 0 Å². The highest BCUT2D eigenvalue weighted by Crippen LogP contribution is 2.55. The smallest absolute Gasteiger partial charge is 0.139 e. The Morgan fingerprint density at radius 2 is 1.02 bits per heavy atom. The predicted octanol–water partition coefficient (Wildman–Crippen LogP) is 9.37. The number of fused-ring (bicyclic) bond motifs is 1. The fourth-order valence-electron chi connectivity index (χ4n) is 6.22. The van der Waals surface area contributed by atoms with Crippen LogP contribution in [-0.4, -0.2) is 0 Å². The Labute approximate surface area is 271 Å². The van der Waals surface area contributed by atoms with Crippen LogP contribution in [0.1, 0.15) is 39.7 Å². The van der Waals surface area contributed by atoms with E-state index in [1.165, 1.54) is 43.0 Å². The van der Waals surface area contributed by atoms with Gasteiger partial charge in [0.25, 0.3) is 0 Å². The molecule has 45 heavy (non-hydrogen) atoms. The van der Waals surface area contributed by atoms with E-state index in [9.17, 15) is 0 Å². The Kier molecular flexibility index (Phi) is 9.61. The molecule has 3 heteroatoms. The van der Waals surface area contributed by atoms with Crippen LogP contribution in [0.15, 0.2) is 174 Å². The number of ether oxygens (including phenoxy) is 1. The molecule has 0 N–H and O–H groups in total. The highest BCUT2D eigenvalue weighted by Gasteiger charge is 2.41. The van der Waals surface area contributed by atoms with Crippen LogP contribution in [0.25, 0.3) is 0 Å². The van der Waals surface area contributed by atoms with Crippen molar-refractivity contribution >= 4 is 42.4 Å². The lowest BCUT2D eigenvalue weighted by Crippen LogP contribution is -2.33. The zero-order chi connectivity index (χ0) is 31.2. The van der Waals surface area contributed by atoms with Crippen LogP contribution in [0.5, 0.6) is 5.75 Å². The van der Waals surface area contributed by atoms with Crippen molar-refractivity contribution in [1.82, 2.24) is 0 Å². The molecule has 1 aliphatic heterocycles. The summed E-state index contributed by atoms with van der Waals surface area (Å²) in [4.78, 5) is 0. The van der Waals surface area contributed by atoms with Crippen LogP contribution in [0.4, 0.5) is 0 Å². The van der Waals surface area contributed by atoms with Crippen LogP contribution < -0.4 is 31.3 Å². The lowest BCUT2D eigenvalue weighted by molar-refractivity contribution is 0.380. The minimum atomic E-state index is -0.841. The first kappa shape index (κ1) is 31.0. The Morgan fingerprint density at radius 3 is 1.51 bits per heavy atom. The molecule has 0 saturated carbocycles. The standard InChI is InChI=1S/C40H34OP2.C2H6/c1-40(2)34-26-15-16-28-36(42(30-18-7-3-8-19-30)31-20-9-4-10-21-31)38(34)41-39-35(40)27-17-29-37(39)43(32-22-11-5-12-23-32)33-24-13-6-14-25-33;1-2/h3-25,27-29H,26H2,1-2H3;1-2H3. The lowest BCUT2D eigenvalue weighted by Gasteiger charge is -2.39. The Balaban J connectivity index is 0.00000175. The maximum absolute atomic E-state index is 7.35. The molecule has 0 amide bonds. The van der Waals surface area contributed by atoms with E-state index in [0.717, 1.165) is 17.9 Å². The molecule has 0 radical (unpaired) electrons. The van der Waals surface area contributed by atoms with Gasteiger partial charge in [0, 0.05) is 21.6 Å². The van der Waals surface area contributed by atoms with Crippen molar-refractivity contribution in [2.24, 2.45) is 0 Å². The fraction of sp³-hybridized carbons (Fsp3) is 0.143. The molecule has 1 heterocycles. The number of rotatable bonds is 6. The molecule has 0 saturated heterocycles. The van der Waals surface area contributed by atoms with Gasteiger partial charge in [0.1, 0.15) is 11.5 Å².